The van der Waals surface area contributed by atoms with Gasteiger partial charge < -0.3 is 14.6 Å². The lowest BCUT2D eigenvalue weighted by Crippen LogP contribution is -2.44. The highest BCUT2D eigenvalue weighted by Gasteiger charge is 2.28. The van der Waals surface area contributed by atoms with Crippen LogP contribution in [0.2, 0.25) is 0 Å². The average molecular weight is 329 g/mol. The van der Waals surface area contributed by atoms with Crippen molar-refractivity contribution < 1.29 is 27.8 Å². The highest BCUT2D eigenvalue weighted by molar-refractivity contribution is 7.89. The molecule has 1 aromatic carbocycles. The second-order valence-electron chi connectivity index (χ2n) is 5.34. The summed E-state index contributed by atoms with van der Waals surface area (Å²) in [5.41, 5.74) is 0. The van der Waals surface area contributed by atoms with Crippen LogP contribution in [0.15, 0.2) is 23.1 Å². The first-order chi connectivity index (χ1) is 10.3. The molecule has 8 heteroatoms. The molecule has 1 aliphatic rings. The maximum atomic E-state index is 12.4. The van der Waals surface area contributed by atoms with E-state index in [9.17, 15) is 13.2 Å². The van der Waals surface area contributed by atoms with E-state index in [2.05, 4.69) is 4.72 Å². The first-order valence-electron chi connectivity index (χ1n) is 6.96. The van der Waals surface area contributed by atoms with Gasteiger partial charge in [0.25, 0.3) is 0 Å². The summed E-state index contributed by atoms with van der Waals surface area (Å²) in [6, 6.07) is 3.04. The first-order valence-corrected chi connectivity index (χ1v) is 8.44. The normalized spacial score (nSPS) is 16.1. The molecule has 1 unspecified atom stereocenters. The van der Waals surface area contributed by atoms with Crippen molar-refractivity contribution >= 4 is 16.0 Å². The third-order valence-electron chi connectivity index (χ3n) is 3.24. The zero-order valence-electron chi connectivity index (χ0n) is 12.4. The molecular weight excluding hydrogens is 310 g/mol. The predicted molar refractivity (Wildman–Crippen MR) is 78.6 cm³/mol. The van der Waals surface area contributed by atoms with Gasteiger partial charge in [-0.2, -0.15) is 4.72 Å². The lowest BCUT2D eigenvalue weighted by molar-refractivity contribution is -0.140. The van der Waals surface area contributed by atoms with Gasteiger partial charge in [0, 0.05) is 12.5 Å². The van der Waals surface area contributed by atoms with Crippen LogP contribution < -0.4 is 14.2 Å². The van der Waals surface area contributed by atoms with Gasteiger partial charge in [0.15, 0.2) is 11.5 Å². The number of aliphatic carboxylic acids is 1. The predicted octanol–water partition coefficient (Wildman–Crippen LogP) is 1.24. The number of rotatable bonds is 5. The molecule has 0 saturated heterocycles. The van der Waals surface area contributed by atoms with Crippen LogP contribution in [0.25, 0.3) is 0 Å². The van der Waals surface area contributed by atoms with Gasteiger partial charge in [-0.25, -0.2) is 8.42 Å². The molecular formula is C14H19NO6S. The third kappa shape index (κ3) is 3.69. The Bertz CT molecular complexity index is 655. The minimum atomic E-state index is -3.96. The van der Waals surface area contributed by atoms with Crippen molar-refractivity contribution in [3.8, 4) is 11.5 Å². The molecule has 0 amide bonds. The van der Waals surface area contributed by atoms with E-state index >= 15 is 0 Å². The van der Waals surface area contributed by atoms with Crippen molar-refractivity contribution in [3.63, 3.8) is 0 Å². The lowest BCUT2D eigenvalue weighted by atomic mass is 10.1. The molecule has 0 saturated carbocycles. The van der Waals surface area contributed by atoms with Crippen molar-refractivity contribution in [2.45, 2.75) is 31.2 Å². The smallest absolute Gasteiger partial charge is 0.322 e. The monoisotopic (exact) mass is 329 g/mol. The van der Waals surface area contributed by atoms with E-state index in [-0.39, 0.29) is 10.8 Å². The number of hydrogen-bond acceptors (Lipinski definition) is 5. The molecule has 7 nitrogen and oxygen atoms in total. The van der Waals surface area contributed by atoms with Gasteiger partial charge in [-0.1, -0.05) is 13.8 Å². The van der Waals surface area contributed by atoms with Crippen LogP contribution >= 0.6 is 0 Å². The Morgan fingerprint density at radius 3 is 2.45 bits per heavy atom. The van der Waals surface area contributed by atoms with Gasteiger partial charge in [0.1, 0.15) is 6.04 Å². The summed E-state index contributed by atoms with van der Waals surface area (Å²) >= 11 is 0. The third-order valence-corrected chi connectivity index (χ3v) is 4.68. The summed E-state index contributed by atoms with van der Waals surface area (Å²) in [6.45, 7) is 4.21. The number of carboxylic acids is 1. The summed E-state index contributed by atoms with van der Waals surface area (Å²) in [5, 5.41) is 9.11. The SMILES string of the molecule is CC(C)C(NS(=O)(=O)c1ccc2c(c1)OCCCO2)C(=O)O. The molecule has 0 aromatic heterocycles. The topological polar surface area (TPSA) is 102 Å². The van der Waals surface area contributed by atoms with Crippen LogP contribution in [0.4, 0.5) is 0 Å². The van der Waals surface area contributed by atoms with Crippen LogP contribution in [-0.4, -0.2) is 38.7 Å². The molecule has 1 heterocycles. The van der Waals surface area contributed by atoms with Crippen LogP contribution in [0.5, 0.6) is 11.5 Å². The van der Waals surface area contributed by atoms with Gasteiger partial charge in [0.2, 0.25) is 10.0 Å². The standard InChI is InChI=1S/C14H19NO6S/c1-9(2)13(14(16)17)15-22(18,19)10-4-5-11-12(8-10)21-7-3-6-20-11/h4-5,8-9,13,15H,3,6-7H2,1-2H3,(H,16,17). The van der Waals surface area contributed by atoms with Crippen molar-refractivity contribution in [3.05, 3.63) is 18.2 Å². The van der Waals surface area contributed by atoms with Gasteiger partial charge in [-0.3, -0.25) is 4.79 Å². The van der Waals surface area contributed by atoms with Gasteiger partial charge >= 0.3 is 5.97 Å². The minimum absolute atomic E-state index is 0.0522. The highest BCUT2D eigenvalue weighted by Crippen LogP contribution is 2.32. The van der Waals surface area contributed by atoms with Gasteiger partial charge in [0.05, 0.1) is 18.1 Å². The Morgan fingerprint density at radius 2 is 1.86 bits per heavy atom. The van der Waals surface area contributed by atoms with Crippen LogP contribution in [0, 0.1) is 5.92 Å². The summed E-state index contributed by atoms with van der Waals surface area (Å²) < 4.78 is 37.8. The molecule has 22 heavy (non-hydrogen) atoms. The summed E-state index contributed by atoms with van der Waals surface area (Å²) in [6.07, 6.45) is 0.712. The lowest BCUT2D eigenvalue weighted by Gasteiger charge is -2.18. The van der Waals surface area contributed by atoms with Crippen molar-refractivity contribution in [2.24, 2.45) is 5.92 Å². The quantitative estimate of drug-likeness (QED) is 0.842. The van der Waals surface area contributed by atoms with Gasteiger partial charge in [-0.05, 0) is 18.1 Å². The Balaban J connectivity index is 2.29. The average Bonchev–Trinajstić information content (AvgIpc) is 2.68. The number of hydrogen-bond donors (Lipinski definition) is 2. The van der Waals surface area contributed by atoms with E-state index in [1.165, 1.54) is 18.2 Å². The number of carboxylic acid groups (broad SMARTS) is 1. The van der Waals surface area contributed by atoms with Crippen LogP contribution in [0.3, 0.4) is 0 Å². The molecule has 1 atom stereocenters. The zero-order chi connectivity index (χ0) is 16.3. The number of sulfonamides is 1. The Kier molecular flexibility index (Phi) is 4.92. The summed E-state index contributed by atoms with van der Waals surface area (Å²) in [5.74, 6) is -0.771. The summed E-state index contributed by atoms with van der Waals surface area (Å²) in [7, 11) is -3.96. The molecule has 1 aliphatic heterocycles. The fourth-order valence-corrected chi connectivity index (χ4v) is 3.37. The van der Waals surface area contributed by atoms with E-state index in [1.807, 2.05) is 0 Å². The number of fused-ring (bicyclic) bond motifs is 1. The Labute approximate surface area is 129 Å². The van der Waals surface area contributed by atoms with Crippen LogP contribution in [0.1, 0.15) is 20.3 Å². The van der Waals surface area contributed by atoms with E-state index in [1.54, 1.807) is 13.8 Å². The largest absolute Gasteiger partial charge is 0.490 e. The van der Waals surface area contributed by atoms with Gasteiger partial charge in [-0.15, -0.1) is 0 Å². The number of nitrogens with one attached hydrogen (secondary N) is 1. The maximum absolute atomic E-state index is 12.4. The number of ether oxygens (including phenoxy) is 2. The molecule has 0 aliphatic carbocycles. The second-order valence-corrected chi connectivity index (χ2v) is 7.05. The molecule has 1 aromatic rings. The molecule has 0 spiro atoms. The number of carbonyl (C=O) groups is 1. The molecule has 122 valence electrons. The molecule has 2 rings (SSSR count). The maximum Gasteiger partial charge on any atom is 0.322 e. The van der Waals surface area contributed by atoms with Crippen molar-refractivity contribution in [2.75, 3.05) is 13.2 Å². The fraction of sp³-hybridized carbons (Fsp3) is 0.500. The Hall–Kier alpha value is -1.80. The van der Waals surface area contributed by atoms with Crippen LogP contribution in [-0.2, 0) is 14.8 Å². The molecule has 0 bridgehead atoms. The van der Waals surface area contributed by atoms with E-state index in [0.29, 0.717) is 31.1 Å². The molecule has 2 N–H and O–H groups in total. The minimum Gasteiger partial charge on any atom is -0.490 e. The highest BCUT2D eigenvalue weighted by atomic mass is 32.2. The van der Waals surface area contributed by atoms with Crippen molar-refractivity contribution in [1.29, 1.82) is 0 Å². The Morgan fingerprint density at radius 1 is 1.23 bits per heavy atom. The van der Waals surface area contributed by atoms with E-state index < -0.39 is 22.0 Å². The zero-order valence-corrected chi connectivity index (χ0v) is 13.2. The van der Waals surface area contributed by atoms with Crippen molar-refractivity contribution in [1.82, 2.24) is 4.72 Å². The van der Waals surface area contributed by atoms with E-state index in [0.717, 1.165) is 0 Å². The first kappa shape index (κ1) is 16.6. The molecule has 0 fully saturated rings. The van der Waals surface area contributed by atoms with E-state index in [4.69, 9.17) is 14.6 Å². The number of benzene rings is 1. The second kappa shape index (κ2) is 6.53. The fourth-order valence-electron chi connectivity index (χ4n) is 2.02. The summed E-state index contributed by atoms with van der Waals surface area (Å²) in [4.78, 5) is 11.1. The molecule has 0 radical (unpaired) electrons.